The van der Waals surface area contributed by atoms with E-state index in [1.54, 1.807) is 0 Å². The van der Waals surface area contributed by atoms with Gasteiger partial charge in [-0.3, -0.25) is 9.80 Å². The zero-order chi connectivity index (χ0) is 13.2. The summed E-state index contributed by atoms with van der Waals surface area (Å²) in [5, 5.41) is 3.51. The van der Waals surface area contributed by atoms with Gasteiger partial charge in [0, 0.05) is 37.3 Å². The van der Waals surface area contributed by atoms with Gasteiger partial charge in [0.1, 0.15) is 0 Å². The molecule has 0 radical (unpaired) electrons. The highest BCUT2D eigenvalue weighted by Gasteiger charge is 2.37. The predicted octanol–water partition coefficient (Wildman–Crippen LogP) is 2.08. The number of fused-ring (bicyclic) bond motifs is 1. The zero-order valence-electron chi connectivity index (χ0n) is 12.8. The molecule has 4 unspecified atom stereocenters. The summed E-state index contributed by atoms with van der Waals surface area (Å²) in [6.07, 6.45) is 9.90. The van der Waals surface area contributed by atoms with E-state index < -0.39 is 0 Å². The van der Waals surface area contributed by atoms with Crippen LogP contribution in [-0.2, 0) is 0 Å². The molecular weight excluding hydrogens is 234 g/mol. The summed E-state index contributed by atoms with van der Waals surface area (Å²) in [4.78, 5) is 5.62. The molecule has 4 atom stereocenters. The molecule has 1 saturated carbocycles. The molecule has 1 aliphatic carbocycles. The van der Waals surface area contributed by atoms with Gasteiger partial charge in [0.25, 0.3) is 0 Å². The van der Waals surface area contributed by atoms with Crippen LogP contribution in [0, 0.1) is 0 Å². The van der Waals surface area contributed by atoms with Crippen molar-refractivity contribution < 1.29 is 0 Å². The average Bonchev–Trinajstić information content (AvgIpc) is 2.46. The molecule has 2 aliphatic heterocycles. The molecule has 1 N–H and O–H groups in total. The van der Waals surface area contributed by atoms with Gasteiger partial charge < -0.3 is 5.32 Å². The molecule has 3 heteroatoms. The van der Waals surface area contributed by atoms with E-state index in [4.69, 9.17) is 0 Å². The summed E-state index contributed by atoms with van der Waals surface area (Å²) in [6.45, 7) is 6.45. The number of hydrogen-bond donors (Lipinski definition) is 1. The van der Waals surface area contributed by atoms with Crippen molar-refractivity contribution in [3.63, 3.8) is 0 Å². The van der Waals surface area contributed by atoms with E-state index in [2.05, 4.69) is 29.1 Å². The molecule has 2 heterocycles. The number of piperazine rings is 1. The highest BCUT2D eigenvalue weighted by atomic mass is 15.3. The Hall–Kier alpha value is -0.120. The minimum absolute atomic E-state index is 0.759. The van der Waals surface area contributed by atoms with E-state index in [1.807, 2.05) is 0 Å². The minimum Gasteiger partial charge on any atom is -0.317 e. The lowest BCUT2D eigenvalue weighted by atomic mass is 9.87. The fourth-order valence-electron chi connectivity index (χ4n) is 4.61. The Labute approximate surface area is 118 Å². The third kappa shape index (κ3) is 2.98. The van der Waals surface area contributed by atoms with Crippen molar-refractivity contribution in [1.82, 2.24) is 15.1 Å². The smallest absolute Gasteiger partial charge is 0.0224 e. The summed E-state index contributed by atoms with van der Waals surface area (Å²) in [5.74, 6) is 0. The van der Waals surface area contributed by atoms with Gasteiger partial charge in [-0.25, -0.2) is 0 Å². The van der Waals surface area contributed by atoms with Crippen LogP contribution in [0.4, 0.5) is 0 Å². The Morgan fingerprint density at radius 1 is 0.947 bits per heavy atom. The van der Waals surface area contributed by atoms with Crippen molar-refractivity contribution in [2.45, 2.75) is 76.0 Å². The lowest BCUT2D eigenvalue weighted by Gasteiger charge is -2.51. The molecule has 3 rings (SSSR count). The Kier molecular flexibility index (Phi) is 4.45. The molecule has 0 spiro atoms. The quantitative estimate of drug-likeness (QED) is 0.825. The monoisotopic (exact) mass is 265 g/mol. The SMILES string of the molecule is CNC1CCCC(N2CC3CCCCN3CC2C)C1. The van der Waals surface area contributed by atoms with Crippen molar-refractivity contribution in [2.24, 2.45) is 0 Å². The second-order valence-corrected chi connectivity index (χ2v) is 7.00. The first-order valence-corrected chi connectivity index (χ1v) is 8.45. The summed E-state index contributed by atoms with van der Waals surface area (Å²) < 4.78 is 0. The van der Waals surface area contributed by atoms with E-state index in [0.29, 0.717) is 0 Å². The summed E-state index contributed by atoms with van der Waals surface area (Å²) in [6, 6.07) is 3.22. The van der Waals surface area contributed by atoms with Crippen LogP contribution in [0.25, 0.3) is 0 Å². The molecule has 0 aromatic rings. The number of hydrogen-bond acceptors (Lipinski definition) is 3. The second-order valence-electron chi connectivity index (χ2n) is 7.00. The number of rotatable bonds is 2. The van der Waals surface area contributed by atoms with Gasteiger partial charge in [-0.2, -0.15) is 0 Å². The van der Waals surface area contributed by atoms with Gasteiger partial charge >= 0.3 is 0 Å². The fraction of sp³-hybridized carbons (Fsp3) is 1.00. The average molecular weight is 265 g/mol. The fourth-order valence-corrected chi connectivity index (χ4v) is 4.61. The van der Waals surface area contributed by atoms with Crippen LogP contribution >= 0.6 is 0 Å². The van der Waals surface area contributed by atoms with Crippen molar-refractivity contribution in [1.29, 1.82) is 0 Å². The summed E-state index contributed by atoms with van der Waals surface area (Å²) in [5.41, 5.74) is 0. The van der Waals surface area contributed by atoms with E-state index in [-0.39, 0.29) is 0 Å². The zero-order valence-corrected chi connectivity index (χ0v) is 12.8. The van der Waals surface area contributed by atoms with Gasteiger partial charge in [-0.05, 0) is 52.6 Å². The topological polar surface area (TPSA) is 18.5 Å². The van der Waals surface area contributed by atoms with Crippen LogP contribution < -0.4 is 5.32 Å². The van der Waals surface area contributed by atoms with E-state index >= 15 is 0 Å². The first-order valence-electron chi connectivity index (χ1n) is 8.45. The second kappa shape index (κ2) is 6.11. The first kappa shape index (κ1) is 13.8. The van der Waals surface area contributed by atoms with Crippen molar-refractivity contribution in [2.75, 3.05) is 26.7 Å². The molecule has 0 bridgehead atoms. The largest absolute Gasteiger partial charge is 0.317 e. The van der Waals surface area contributed by atoms with Crippen molar-refractivity contribution >= 4 is 0 Å². The van der Waals surface area contributed by atoms with Crippen LogP contribution in [0.2, 0.25) is 0 Å². The Morgan fingerprint density at radius 2 is 1.79 bits per heavy atom. The van der Waals surface area contributed by atoms with E-state index in [1.165, 1.54) is 64.6 Å². The van der Waals surface area contributed by atoms with Crippen molar-refractivity contribution in [3.8, 4) is 0 Å². The van der Waals surface area contributed by atoms with Gasteiger partial charge in [0.15, 0.2) is 0 Å². The van der Waals surface area contributed by atoms with Crippen LogP contribution in [0.3, 0.4) is 0 Å². The predicted molar refractivity (Wildman–Crippen MR) is 80.5 cm³/mol. The molecule has 19 heavy (non-hydrogen) atoms. The molecule has 0 aromatic carbocycles. The standard InChI is InChI=1S/C16H31N3/c1-13-11-18-9-4-3-7-16(18)12-19(13)15-8-5-6-14(10-15)17-2/h13-17H,3-12H2,1-2H3. The molecule has 3 nitrogen and oxygen atoms in total. The molecule has 3 aliphatic rings. The number of nitrogens with zero attached hydrogens (tertiary/aromatic N) is 2. The Bertz CT molecular complexity index is 294. The highest BCUT2D eigenvalue weighted by molar-refractivity contribution is 4.94. The molecule has 110 valence electrons. The normalized spacial score (nSPS) is 42.0. The molecular formula is C16H31N3. The number of piperidine rings is 1. The maximum atomic E-state index is 3.51. The minimum atomic E-state index is 0.759. The maximum absolute atomic E-state index is 3.51. The molecule has 0 amide bonds. The van der Waals surface area contributed by atoms with Crippen LogP contribution in [0.15, 0.2) is 0 Å². The van der Waals surface area contributed by atoms with E-state index in [9.17, 15) is 0 Å². The van der Waals surface area contributed by atoms with Gasteiger partial charge in [-0.1, -0.05) is 12.8 Å². The third-order valence-electron chi connectivity index (χ3n) is 5.76. The summed E-state index contributed by atoms with van der Waals surface area (Å²) in [7, 11) is 2.13. The number of nitrogens with one attached hydrogen (secondary N) is 1. The molecule has 2 saturated heterocycles. The van der Waals surface area contributed by atoms with Crippen molar-refractivity contribution in [3.05, 3.63) is 0 Å². The van der Waals surface area contributed by atoms with Gasteiger partial charge in [0.2, 0.25) is 0 Å². The lowest BCUT2D eigenvalue weighted by Crippen LogP contribution is -2.62. The Morgan fingerprint density at radius 3 is 2.63 bits per heavy atom. The van der Waals surface area contributed by atoms with Crippen LogP contribution in [0.1, 0.15) is 51.9 Å². The first-order chi connectivity index (χ1) is 9.28. The summed E-state index contributed by atoms with van der Waals surface area (Å²) >= 11 is 0. The third-order valence-corrected chi connectivity index (χ3v) is 5.76. The molecule has 0 aromatic heterocycles. The maximum Gasteiger partial charge on any atom is 0.0224 e. The van der Waals surface area contributed by atoms with Gasteiger partial charge in [-0.15, -0.1) is 0 Å². The Balaban J connectivity index is 1.63. The van der Waals surface area contributed by atoms with Gasteiger partial charge in [0.05, 0.1) is 0 Å². The van der Waals surface area contributed by atoms with E-state index in [0.717, 1.165) is 24.2 Å². The highest BCUT2D eigenvalue weighted by Crippen LogP contribution is 2.30. The van der Waals surface area contributed by atoms with Crippen LogP contribution in [-0.4, -0.2) is 60.6 Å². The van der Waals surface area contributed by atoms with Crippen LogP contribution in [0.5, 0.6) is 0 Å². The molecule has 3 fully saturated rings. The lowest BCUT2D eigenvalue weighted by molar-refractivity contribution is -0.0185.